The minimum absolute atomic E-state index is 0.115. The van der Waals surface area contributed by atoms with Crippen LogP contribution in [0.25, 0.3) is 22.4 Å². The summed E-state index contributed by atoms with van der Waals surface area (Å²) in [5.74, 6) is 0.745. The Kier molecular flexibility index (Phi) is 5.85. The highest BCUT2D eigenvalue weighted by atomic mass is 16.2. The number of aromatic nitrogens is 3. The minimum Gasteiger partial charge on any atom is -0.338 e. The third-order valence-electron chi connectivity index (χ3n) is 6.09. The number of aromatic amines is 1. The van der Waals surface area contributed by atoms with E-state index >= 15 is 0 Å². The molecule has 7 nitrogen and oxygen atoms in total. The second kappa shape index (κ2) is 9.24. The molecule has 7 heteroatoms. The maximum Gasteiger partial charge on any atom is 0.255 e. The lowest BCUT2D eigenvalue weighted by Crippen LogP contribution is -2.24. The van der Waals surface area contributed by atoms with E-state index in [-0.39, 0.29) is 17.7 Å². The largest absolute Gasteiger partial charge is 0.338 e. The number of pyridine rings is 1. The Labute approximate surface area is 191 Å². The number of nitrogens with one attached hydrogen (secondary N) is 3. The average molecular weight is 440 g/mol. The number of carbonyl (C=O) groups is 2. The van der Waals surface area contributed by atoms with E-state index in [1.165, 1.54) is 6.42 Å². The monoisotopic (exact) mass is 439 g/mol. The van der Waals surface area contributed by atoms with Gasteiger partial charge >= 0.3 is 0 Å². The quantitative estimate of drug-likeness (QED) is 0.388. The second-order valence-corrected chi connectivity index (χ2v) is 8.41. The number of anilines is 2. The molecule has 2 aromatic heterocycles. The van der Waals surface area contributed by atoms with Crippen LogP contribution in [0.1, 0.15) is 42.5 Å². The van der Waals surface area contributed by atoms with E-state index in [9.17, 15) is 9.59 Å². The van der Waals surface area contributed by atoms with Gasteiger partial charge in [-0.3, -0.25) is 14.6 Å². The summed E-state index contributed by atoms with van der Waals surface area (Å²) in [6, 6.07) is 16.5. The summed E-state index contributed by atoms with van der Waals surface area (Å²) >= 11 is 0. The standard InChI is InChI=1S/C26H25N5O2/c32-25(18-4-2-1-3-5-18)28-20-9-6-17(7-10-20)24-30-22-11-8-19(16-23(22)31-24)26(33)29-21-12-14-27-15-13-21/h6-16,18H,1-5H2,(H,28,32)(H,30,31)(H,27,29,33). The van der Waals surface area contributed by atoms with Crippen molar-refractivity contribution in [3.8, 4) is 11.4 Å². The summed E-state index contributed by atoms with van der Waals surface area (Å²) in [4.78, 5) is 37.0. The molecule has 0 aliphatic heterocycles. The average Bonchev–Trinajstić information content (AvgIpc) is 3.29. The molecule has 1 aliphatic rings. The van der Waals surface area contributed by atoms with Crippen molar-refractivity contribution >= 4 is 34.2 Å². The van der Waals surface area contributed by atoms with E-state index in [0.29, 0.717) is 22.6 Å². The van der Waals surface area contributed by atoms with Crippen molar-refractivity contribution in [2.75, 3.05) is 10.6 Å². The van der Waals surface area contributed by atoms with E-state index in [1.54, 1.807) is 36.7 Å². The molecule has 166 valence electrons. The van der Waals surface area contributed by atoms with Crippen LogP contribution in [0.15, 0.2) is 67.0 Å². The Morgan fingerprint density at radius 2 is 1.58 bits per heavy atom. The summed E-state index contributed by atoms with van der Waals surface area (Å²) in [6.45, 7) is 0. The van der Waals surface area contributed by atoms with Gasteiger partial charge in [-0.25, -0.2) is 4.98 Å². The Bertz CT molecular complexity index is 1280. The van der Waals surface area contributed by atoms with E-state index in [0.717, 1.165) is 42.5 Å². The summed E-state index contributed by atoms with van der Waals surface area (Å²) < 4.78 is 0. The number of fused-ring (bicyclic) bond motifs is 1. The van der Waals surface area contributed by atoms with Crippen LogP contribution in [0.4, 0.5) is 11.4 Å². The summed E-state index contributed by atoms with van der Waals surface area (Å²) in [6.07, 6.45) is 8.72. The van der Waals surface area contributed by atoms with Crippen molar-refractivity contribution in [1.29, 1.82) is 0 Å². The van der Waals surface area contributed by atoms with Crippen molar-refractivity contribution in [3.05, 3.63) is 72.6 Å². The molecular weight excluding hydrogens is 414 g/mol. The number of nitrogens with zero attached hydrogens (tertiary/aromatic N) is 2. The first-order chi connectivity index (χ1) is 16.2. The van der Waals surface area contributed by atoms with Gasteiger partial charge in [-0.2, -0.15) is 0 Å². The van der Waals surface area contributed by atoms with Crippen LogP contribution in [-0.4, -0.2) is 26.8 Å². The molecule has 0 radical (unpaired) electrons. The van der Waals surface area contributed by atoms with Crippen LogP contribution < -0.4 is 10.6 Å². The number of amides is 2. The maximum atomic E-state index is 12.6. The fraction of sp³-hybridized carbons (Fsp3) is 0.231. The molecule has 1 saturated carbocycles. The molecule has 2 amide bonds. The van der Waals surface area contributed by atoms with Crippen LogP contribution in [0, 0.1) is 5.92 Å². The number of hydrogen-bond donors (Lipinski definition) is 3. The first-order valence-electron chi connectivity index (χ1n) is 11.3. The van der Waals surface area contributed by atoms with Gasteiger partial charge in [0.1, 0.15) is 5.82 Å². The number of rotatable bonds is 5. The molecule has 0 bridgehead atoms. The molecule has 33 heavy (non-hydrogen) atoms. The van der Waals surface area contributed by atoms with Crippen molar-refractivity contribution in [2.24, 2.45) is 5.92 Å². The van der Waals surface area contributed by atoms with Gasteiger partial charge in [0, 0.05) is 40.8 Å². The Morgan fingerprint density at radius 3 is 2.33 bits per heavy atom. The molecule has 3 N–H and O–H groups in total. The molecule has 2 heterocycles. The molecule has 0 atom stereocenters. The first-order valence-corrected chi connectivity index (χ1v) is 11.3. The van der Waals surface area contributed by atoms with Gasteiger partial charge in [0.2, 0.25) is 5.91 Å². The molecule has 2 aromatic carbocycles. The van der Waals surface area contributed by atoms with Gasteiger partial charge in [-0.1, -0.05) is 19.3 Å². The Morgan fingerprint density at radius 1 is 0.848 bits per heavy atom. The Balaban J connectivity index is 1.29. The van der Waals surface area contributed by atoms with Crippen LogP contribution in [0.2, 0.25) is 0 Å². The number of hydrogen-bond acceptors (Lipinski definition) is 4. The lowest BCUT2D eigenvalue weighted by molar-refractivity contribution is -0.120. The van der Waals surface area contributed by atoms with E-state index in [1.807, 2.05) is 30.3 Å². The van der Waals surface area contributed by atoms with E-state index in [2.05, 4.69) is 25.6 Å². The van der Waals surface area contributed by atoms with Crippen molar-refractivity contribution in [1.82, 2.24) is 15.0 Å². The zero-order chi connectivity index (χ0) is 22.6. The molecule has 0 saturated heterocycles. The molecule has 4 aromatic rings. The summed E-state index contributed by atoms with van der Waals surface area (Å²) in [7, 11) is 0. The highest BCUT2D eigenvalue weighted by Gasteiger charge is 2.21. The number of H-pyrrole nitrogens is 1. The molecule has 1 aliphatic carbocycles. The zero-order valence-electron chi connectivity index (χ0n) is 18.2. The fourth-order valence-electron chi connectivity index (χ4n) is 4.24. The smallest absolute Gasteiger partial charge is 0.255 e. The number of benzene rings is 2. The first kappa shape index (κ1) is 20.9. The summed E-state index contributed by atoms with van der Waals surface area (Å²) in [5, 5.41) is 5.89. The van der Waals surface area contributed by atoms with Gasteiger partial charge in [0.05, 0.1) is 11.0 Å². The molecule has 0 spiro atoms. The minimum atomic E-state index is -0.203. The van der Waals surface area contributed by atoms with E-state index in [4.69, 9.17) is 0 Å². The van der Waals surface area contributed by atoms with Crippen molar-refractivity contribution in [2.45, 2.75) is 32.1 Å². The third kappa shape index (κ3) is 4.77. The van der Waals surface area contributed by atoms with Gasteiger partial charge in [-0.15, -0.1) is 0 Å². The van der Waals surface area contributed by atoms with Crippen molar-refractivity contribution in [3.63, 3.8) is 0 Å². The predicted octanol–water partition coefficient (Wildman–Crippen LogP) is 5.40. The highest BCUT2D eigenvalue weighted by molar-refractivity contribution is 6.06. The number of imidazole rings is 1. The SMILES string of the molecule is O=C(Nc1ccncc1)c1ccc2[nH]c(-c3ccc(NC(=O)C4CCCCC4)cc3)nc2c1. The normalized spacial score (nSPS) is 14.2. The van der Waals surface area contributed by atoms with Crippen molar-refractivity contribution < 1.29 is 9.59 Å². The molecular formula is C26H25N5O2. The zero-order valence-corrected chi connectivity index (χ0v) is 18.2. The second-order valence-electron chi connectivity index (χ2n) is 8.41. The lowest BCUT2D eigenvalue weighted by atomic mass is 9.88. The van der Waals surface area contributed by atoms with Crippen LogP contribution in [0.3, 0.4) is 0 Å². The highest BCUT2D eigenvalue weighted by Crippen LogP contribution is 2.26. The van der Waals surface area contributed by atoms with Crippen LogP contribution in [0.5, 0.6) is 0 Å². The summed E-state index contributed by atoms with van der Waals surface area (Å²) in [5.41, 5.74) is 4.47. The van der Waals surface area contributed by atoms with Gasteiger partial charge in [0.25, 0.3) is 5.91 Å². The maximum absolute atomic E-state index is 12.6. The van der Waals surface area contributed by atoms with Gasteiger partial charge < -0.3 is 15.6 Å². The number of carbonyl (C=O) groups excluding carboxylic acids is 2. The van der Waals surface area contributed by atoms with Crippen LogP contribution in [-0.2, 0) is 4.79 Å². The molecule has 5 rings (SSSR count). The Hall–Kier alpha value is -4.00. The lowest BCUT2D eigenvalue weighted by Gasteiger charge is -2.20. The fourth-order valence-corrected chi connectivity index (χ4v) is 4.24. The topological polar surface area (TPSA) is 99.8 Å². The predicted molar refractivity (Wildman–Crippen MR) is 129 cm³/mol. The van der Waals surface area contributed by atoms with E-state index < -0.39 is 0 Å². The van der Waals surface area contributed by atoms with Gasteiger partial charge in [-0.05, 0) is 67.4 Å². The molecule has 0 unspecified atom stereocenters. The van der Waals surface area contributed by atoms with Crippen LogP contribution >= 0.6 is 0 Å². The van der Waals surface area contributed by atoms with Gasteiger partial charge in [0.15, 0.2) is 0 Å². The molecule has 1 fully saturated rings. The third-order valence-corrected chi connectivity index (χ3v) is 6.09.